The van der Waals surface area contributed by atoms with Gasteiger partial charge < -0.3 is 16.0 Å². The quantitative estimate of drug-likeness (QED) is 0.148. The summed E-state index contributed by atoms with van der Waals surface area (Å²) in [5, 5.41) is 6.34. The number of urea groups is 1. The molecule has 9 heteroatoms. The Bertz CT molecular complexity index is 1220. The van der Waals surface area contributed by atoms with Gasteiger partial charge in [-0.1, -0.05) is 88.4 Å². The molecule has 222 valence electrons. The fourth-order valence-electron chi connectivity index (χ4n) is 4.77. The lowest BCUT2D eigenvalue weighted by Gasteiger charge is -2.32. The van der Waals surface area contributed by atoms with Crippen molar-refractivity contribution in [3.05, 3.63) is 87.9 Å². The fourth-order valence-corrected chi connectivity index (χ4v) is 6.86. The molecule has 2 aromatic carbocycles. The van der Waals surface area contributed by atoms with Crippen molar-refractivity contribution < 1.29 is 9.59 Å². The zero-order valence-corrected chi connectivity index (χ0v) is 27.8. The van der Waals surface area contributed by atoms with E-state index >= 15 is 0 Å². The number of halogens is 1. The number of nitrogens with one attached hydrogen (secondary N) is 1. The number of nitrogens with two attached hydrogens (primary N) is 1. The average Bonchev–Trinajstić information content (AvgIpc) is 3.41. The third-order valence-corrected chi connectivity index (χ3v) is 9.22. The van der Waals surface area contributed by atoms with E-state index < -0.39 is 6.04 Å². The molecule has 1 heterocycles. The van der Waals surface area contributed by atoms with E-state index in [1.165, 1.54) is 8.68 Å². The molecule has 3 N–H and O–H groups in total. The van der Waals surface area contributed by atoms with E-state index in [9.17, 15) is 9.59 Å². The van der Waals surface area contributed by atoms with Crippen LogP contribution in [0, 0.1) is 5.92 Å². The van der Waals surface area contributed by atoms with Crippen LogP contribution in [0.15, 0.2) is 66.0 Å². The maximum absolute atomic E-state index is 13.8. The number of hydrogen-bond acceptors (Lipinski definition) is 5. The highest BCUT2D eigenvalue weighted by Gasteiger charge is 2.34. The summed E-state index contributed by atoms with van der Waals surface area (Å²) in [7, 11) is 1.75. The van der Waals surface area contributed by atoms with E-state index in [1.807, 2.05) is 78.5 Å². The van der Waals surface area contributed by atoms with Crippen molar-refractivity contribution in [1.29, 1.82) is 0 Å². The first-order valence-corrected chi connectivity index (χ1v) is 16.2. The number of hydrogen-bond donors (Lipinski definition) is 2. The Morgan fingerprint density at radius 2 is 1.54 bits per heavy atom. The zero-order chi connectivity index (χ0) is 29.9. The number of thiazole rings is 1. The molecule has 0 spiro atoms. The number of rotatable bonds is 14. The molecule has 0 fully saturated rings. The molecule has 3 aromatic rings. The summed E-state index contributed by atoms with van der Waals surface area (Å²) in [6.45, 7) is 8.56. The van der Waals surface area contributed by atoms with Crippen LogP contribution in [-0.2, 0) is 24.2 Å². The van der Waals surface area contributed by atoms with Crippen LogP contribution in [0.3, 0.4) is 0 Å². The van der Waals surface area contributed by atoms with Gasteiger partial charge in [-0.15, -0.1) is 11.3 Å². The standard InChI is InChI=1S/C32H44IN5O2S/c1-22(2)29(38(33)32(40)37(5)20-28-21-41-31(36-28)23(3)4)30(39)35-27(19-25-14-10-7-11-15-25)17-16-26(34)18-24-12-8-6-9-13-24/h6-15,21-23,26-27,29H,16-20,34H2,1-5H3,(H,35,39)/t26-,27-,29+/m1/s1. The first-order valence-electron chi connectivity index (χ1n) is 14.3. The molecule has 0 aliphatic carbocycles. The van der Waals surface area contributed by atoms with Crippen LogP contribution in [0.2, 0.25) is 0 Å². The van der Waals surface area contributed by atoms with Crippen molar-refractivity contribution in [2.75, 3.05) is 7.05 Å². The maximum Gasteiger partial charge on any atom is 0.329 e. The Balaban J connectivity index is 1.67. The molecular formula is C32H44IN5O2S. The number of aromatic nitrogens is 1. The minimum absolute atomic E-state index is 0.00769. The Hall–Kier alpha value is -2.50. The second-order valence-electron chi connectivity index (χ2n) is 11.4. The van der Waals surface area contributed by atoms with E-state index in [-0.39, 0.29) is 29.9 Å². The molecule has 7 nitrogen and oxygen atoms in total. The highest BCUT2D eigenvalue weighted by molar-refractivity contribution is 14.1. The normalized spacial score (nSPS) is 13.6. The molecule has 0 aliphatic heterocycles. The number of nitrogens with zero attached hydrogens (tertiary/aromatic N) is 3. The summed E-state index contributed by atoms with van der Waals surface area (Å²) in [4.78, 5) is 33.5. The van der Waals surface area contributed by atoms with Crippen molar-refractivity contribution in [3.8, 4) is 0 Å². The summed E-state index contributed by atoms with van der Waals surface area (Å²) >= 11 is 3.60. The summed E-state index contributed by atoms with van der Waals surface area (Å²) in [5.41, 5.74) is 9.74. The van der Waals surface area contributed by atoms with Gasteiger partial charge in [0.1, 0.15) is 6.04 Å². The van der Waals surface area contributed by atoms with E-state index in [0.29, 0.717) is 18.9 Å². The highest BCUT2D eigenvalue weighted by atomic mass is 127. The molecule has 0 aliphatic rings. The van der Waals surface area contributed by atoms with Crippen LogP contribution in [0.5, 0.6) is 0 Å². The van der Waals surface area contributed by atoms with Gasteiger partial charge in [-0.25, -0.2) is 9.78 Å². The van der Waals surface area contributed by atoms with Crippen LogP contribution in [-0.4, -0.2) is 50.1 Å². The van der Waals surface area contributed by atoms with Gasteiger partial charge in [0.25, 0.3) is 0 Å². The molecule has 0 saturated carbocycles. The molecule has 3 amide bonds. The average molecular weight is 690 g/mol. The molecule has 0 unspecified atom stereocenters. The predicted octanol–water partition coefficient (Wildman–Crippen LogP) is 6.57. The fraction of sp³-hybridized carbons (Fsp3) is 0.469. The molecule has 0 radical (unpaired) electrons. The van der Waals surface area contributed by atoms with Gasteiger partial charge in [-0.05, 0) is 42.7 Å². The van der Waals surface area contributed by atoms with E-state index in [1.54, 1.807) is 23.3 Å². The molecule has 0 bridgehead atoms. The summed E-state index contributed by atoms with van der Waals surface area (Å²) in [6.07, 6.45) is 3.02. The largest absolute Gasteiger partial charge is 0.351 e. The number of carbonyl (C=O) groups excluding carboxylic acids is 2. The second kappa shape index (κ2) is 16.2. The smallest absolute Gasteiger partial charge is 0.329 e. The topological polar surface area (TPSA) is 91.6 Å². The predicted molar refractivity (Wildman–Crippen MR) is 177 cm³/mol. The Labute approximate surface area is 263 Å². The Morgan fingerprint density at radius 1 is 0.951 bits per heavy atom. The molecule has 41 heavy (non-hydrogen) atoms. The van der Waals surface area contributed by atoms with Gasteiger partial charge in [-0.3, -0.25) is 7.91 Å². The molecule has 3 atom stereocenters. The Kier molecular flexibility index (Phi) is 13.1. The first kappa shape index (κ1) is 33.0. The van der Waals surface area contributed by atoms with Gasteiger partial charge in [0.05, 0.1) is 40.1 Å². The highest BCUT2D eigenvalue weighted by Crippen LogP contribution is 2.23. The van der Waals surface area contributed by atoms with Gasteiger partial charge in [-0.2, -0.15) is 0 Å². The van der Waals surface area contributed by atoms with Crippen molar-refractivity contribution in [2.45, 2.75) is 84.0 Å². The third kappa shape index (κ3) is 10.4. The van der Waals surface area contributed by atoms with Gasteiger partial charge in [0, 0.05) is 30.4 Å². The lowest BCUT2D eigenvalue weighted by Crippen LogP contribution is -2.53. The van der Waals surface area contributed by atoms with Gasteiger partial charge >= 0.3 is 6.03 Å². The number of benzene rings is 2. The Morgan fingerprint density at radius 3 is 2.07 bits per heavy atom. The third-order valence-electron chi connectivity index (χ3n) is 7.01. The molecule has 0 saturated heterocycles. The van der Waals surface area contributed by atoms with Crippen molar-refractivity contribution in [3.63, 3.8) is 0 Å². The van der Waals surface area contributed by atoms with Crippen molar-refractivity contribution in [1.82, 2.24) is 18.3 Å². The summed E-state index contributed by atoms with van der Waals surface area (Å²) < 4.78 is 1.54. The summed E-state index contributed by atoms with van der Waals surface area (Å²) in [6, 6.07) is 19.5. The van der Waals surface area contributed by atoms with E-state index in [2.05, 4.69) is 48.4 Å². The monoisotopic (exact) mass is 689 g/mol. The molecular weight excluding hydrogens is 645 g/mol. The molecule has 1 aromatic heterocycles. The number of amides is 3. The van der Waals surface area contributed by atoms with Crippen molar-refractivity contribution >= 4 is 46.1 Å². The zero-order valence-electron chi connectivity index (χ0n) is 24.8. The van der Waals surface area contributed by atoms with Crippen LogP contribution >= 0.6 is 34.2 Å². The first-order chi connectivity index (χ1) is 19.5. The number of carbonyl (C=O) groups is 2. The van der Waals surface area contributed by atoms with Crippen LogP contribution in [0.25, 0.3) is 0 Å². The lowest BCUT2D eigenvalue weighted by atomic mass is 9.95. The SMILES string of the molecule is CC(C)c1nc(CN(C)C(=O)N(I)[C@H](C(=O)N[C@H](CC[C@@H](N)Cc2ccccc2)Cc2ccccc2)C(C)C)cs1. The van der Waals surface area contributed by atoms with Crippen LogP contribution in [0.1, 0.15) is 68.3 Å². The van der Waals surface area contributed by atoms with Gasteiger partial charge in [0.15, 0.2) is 0 Å². The second-order valence-corrected chi connectivity index (χ2v) is 13.3. The van der Waals surface area contributed by atoms with E-state index in [4.69, 9.17) is 5.73 Å². The maximum atomic E-state index is 13.8. The molecule has 3 rings (SSSR count). The van der Waals surface area contributed by atoms with Crippen molar-refractivity contribution in [2.24, 2.45) is 11.7 Å². The van der Waals surface area contributed by atoms with Crippen LogP contribution in [0.4, 0.5) is 4.79 Å². The van der Waals surface area contributed by atoms with E-state index in [0.717, 1.165) is 35.5 Å². The minimum Gasteiger partial charge on any atom is -0.351 e. The van der Waals surface area contributed by atoms with Crippen LogP contribution < -0.4 is 11.1 Å². The lowest BCUT2D eigenvalue weighted by molar-refractivity contribution is -0.126. The van der Waals surface area contributed by atoms with Gasteiger partial charge in [0.2, 0.25) is 5.91 Å². The minimum atomic E-state index is -0.622. The summed E-state index contributed by atoms with van der Waals surface area (Å²) in [5.74, 6) is 0.125.